The summed E-state index contributed by atoms with van der Waals surface area (Å²) in [7, 11) is 0. The van der Waals surface area contributed by atoms with Crippen molar-refractivity contribution in [3.8, 4) is 5.75 Å². The molecule has 0 saturated carbocycles. The van der Waals surface area contributed by atoms with Gasteiger partial charge in [0.15, 0.2) is 0 Å². The van der Waals surface area contributed by atoms with Gasteiger partial charge in [0.25, 0.3) is 0 Å². The van der Waals surface area contributed by atoms with Crippen molar-refractivity contribution < 1.29 is 19.4 Å². The predicted octanol–water partition coefficient (Wildman–Crippen LogP) is 2.41. The number of carboxylic acids is 1. The van der Waals surface area contributed by atoms with Gasteiger partial charge in [-0.15, -0.1) is 0 Å². The van der Waals surface area contributed by atoms with Gasteiger partial charge in [-0.05, 0) is 31.4 Å². The second-order valence-corrected chi connectivity index (χ2v) is 5.81. The van der Waals surface area contributed by atoms with Crippen LogP contribution in [0.15, 0.2) is 30.3 Å². The van der Waals surface area contributed by atoms with E-state index in [0.29, 0.717) is 32.5 Å². The minimum atomic E-state index is -0.808. The molecule has 1 aliphatic rings. The van der Waals surface area contributed by atoms with Crippen LogP contribution in [0.3, 0.4) is 0 Å². The van der Waals surface area contributed by atoms with Gasteiger partial charge in [-0.1, -0.05) is 25.1 Å². The van der Waals surface area contributed by atoms with Crippen molar-refractivity contribution in [1.29, 1.82) is 0 Å². The Bertz CT molecular complexity index is 503. The molecule has 1 amide bonds. The average molecular weight is 305 g/mol. The highest BCUT2D eigenvalue weighted by Gasteiger charge is 2.30. The molecule has 1 aliphatic heterocycles. The zero-order valence-electron chi connectivity index (χ0n) is 12.9. The first-order valence-electron chi connectivity index (χ1n) is 7.77. The smallest absolute Gasteiger partial charge is 0.308 e. The number of aliphatic carboxylic acids is 1. The molecule has 2 atom stereocenters. The van der Waals surface area contributed by atoms with E-state index < -0.39 is 11.9 Å². The number of piperidine rings is 1. The molecular weight excluding hydrogens is 282 g/mol. The van der Waals surface area contributed by atoms with Gasteiger partial charge in [-0.3, -0.25) is 9.59 Å². The average Bonchev–Trinajstić information content (AvgIpc) is 2.55. The van der Waals surface area contributed by atoms with Gasteiger partial charge >= 0.3 is 5.97 Å². The number of carbonyl (C=O) groups excluding carboxylic acids is 1. The third-order valence-electron chi connectivity index (χ3n) is 4.07. The Kier molecular flexibility index (Phi) is 5.81. The maximum atomic E-state index is 12.4. The molecule has 5 nitrogen and oxygen atoms in total. The highest BCUT2D eigenvalue weighted by molar-refractivity contribution is 5.79. The minimum Gasteiger partial charge on any atom is -0.494 e. The van der Waals surface area contributed by atoms with Gasteiger partial charge in [0.1, 0.15) is 5.75 Å². The molecule has 0 radical (unpaired) electrons. The number of carbonyl (C=O) groups is 2. The van der Waals surface area contributed by atoms with Crippen LogP contribution in [0, 0.1) is 11.8 Å². The highest BCUT2D eigenvalue weighted by atomic mass is 16.5. The largest absolute Gasteiger partial charge is 0.494 e. The van der Waals surface area contributed by atoms with Crippen LogP contribution in [-0.2, 0) is 9.59 Å². The Hall–Kier alpha value is -2.04. The van der Waals surface area contributed by atoms with E-state index in [1.165, 1.54) is 0 Å². The Labute approximate surface area is 130 Å². The zero-order valence-corrected chi connectivity index (χ0v) is 12.9. The second-order valence-electron chi connectivity index (χ2n) is 5.81. The number of rotatable bonds is 6. The van der Waals surface area contributed by atoms with Gasteiger partial charge in [-0.25, -0.2) is 0 Å². The Morgan fingerprint density at radius 3 is 2.77 bits per heavy atom. The van der Waals surface area contributed by atoms with Crippen molar-refractivity contribution in [2.75, 3.05) is 19.7 Å². The molecule has 1 saturated heterocycles. The molecule has 1 aromatic carbocycles. The topological polar surface area (TPSA) is 66.8 Å². The van der Waals surface area contributed by atoms with E-state index in [-0.39, 0.29) is 11.8 Å². The van der Waals surface area contributed by atoms with E-state index in [9.17, 15) is 9.59 Å². The lowest BCUT2D eigenvalue weighted by molar-refractivity contribution is -0.146. The number of nitrogens with zero attached hydrogens (tertiary/aromatic N) is 1. The first kappa shape index (κ1) is 16.3. The predicted molar refractivity (Wildman–Crippen MR) is 82.7 cm³/mol. The van der Waals surface area contributed by atoms with Crippen molar-refractivity contribution in [3.63, 3.8) is 0 Å². The number of para-hydroxylation sites is 1. The summed E-state index contributed by atoms with van der Waals surface area (Å²) in [6.07, 6.45) is 2.04. The van der Waals surface area contributed by atoms with Crippen LogP contribution >= 0.6 is 0 Å². The fourth-order valence-electron chi connectivity index (χ4n) is 2.68. The van der Waals surface area contributed by atoms with E-state index >= 15 is 0 Å². The molecular formula is C17H23NO4. The molecule has 120 valence electrons. The van der Waals surface area contributed by atoms with E-state index in [0.717, 1.165) is 12.2 Å². The molecule has 0 spiro atoms. The van der Waals surface area contributed by atoms with Crippen LogP contribution in [0.5, 0.6) is 5.75 Å². The first-order valence-corrected chi connectivity index (χ1v) is 7.77. The normalized spacial score (nSPS) is 19.5. The van der Waals surface area contributed by atoms with E-state index in [1.807, 2.05) is 37.3 Å². The lowest BCUT2D eigenvalue weighted by Gasteiger charge is -2.32. The summed E-state index contributed by atoms with van der Waals surface area (Å²) in [5, 5.41) is 9.09. The maximum Gasteiger partial charge on any atom is 0.308 e. The van der Waals surface area contributed by atoms with Crippen LogP contribution in [0.1, 0.15) is 26.2 Å². The van der Waals surface area contributed by atoms with Crippen molar-refractivity contribution in [2.24, 2.45) is 11.8 Å². The van der Waals surface area contributed by atoms with Gasteiger partial charge in [-0.2, -0.15) is 0 Å². The quantitative estimate of drug-likeness (QED) is 0.876. The first-order chi connectivity index (χ1) is 10.6. The number of ether oxygens (including phenoxy) is 1. The number of carboxylic acid groups (broad SMARTS) is 1. The van der Waals surface area contributed by atoms with Crippen molar-refractivity contribution in [1.82, 2.24) is 4.90 Å². The van der Waals surface area contributed by atoms with E-state index in [1.54, 1.807) is 4.90 Å². The van der Waals surface area contributed by atoms with E-state index in [4.69, 9.17) is 9.84 Å². The molecule has 1 N–H and O–H groups in total. The highest BCUT2D eigenvalue weighted by Crippen LogP contribution is 2.20. The zero-order chi connectivity index (χ0) is 15.9. The fourth-order valence-corrected chi connectivity index (χ4v) is 2.68. The molecule has 2 rings (SSSR count). The summed E-state index contributed by atoms with van der Waals surface area (Å²) in [6, 6.07) is 9.50. The SMILES string of the molecule is CC(CCOc1ccccc1)C(=O)N1CCC[C@H](C(=O)O)C1. The standard InChI is InChI=1S/C17H23NO4/c1-13(9-11-22-15-7-3-2-4-8-15)16(19)18-10-5-6-14(12-18)17(20)21/h2-4,7-8,13-14H,5-6,9-12H2,1H3,(H,20,21)/t13?,14-/m0/s1. The molecule has 5 heteroatoms. The third kappa shape index (κ3) is 4.48. The summed E-state index contributed by atoms with van der Waals surface area (Å²) < 4.78 is 5.61. The maximum absolute atomic E-state index is 12.4. The van der Waals surface area contributed by atoms with Gasteiger partial charge in [0, 0.05) is 19.0 Å². The molecule has 0 bridgehead atoms. The molecule has 0 aliphatic carbocycles. The van der Waals surface area contributed by atoms with Crippen LogP contribution in [-0.4, -0.2) is 41.6 Å². The number of likely N-dealkylation sites (tertiary alicyclic amines) is 1. The van der Waals surface area contributed by atoms with Gasteiger partial charge in [0.05, 0.1) is 12.5 Å². The monoisotopic (exact) mass is 305 g/mol. The summed E-state index contributed by atoms with van der Waals surface area (Å²) in [5.74, 6) is -0.562. The van der Waals surface area contributed by atoms with Gasteiger partial charge < -0.3 is 14.7 Å². The lowest BCUT2D eigenvalue weighted by atomic mass is 9.96. The van der Waals surface area contributed by atoms with Crippen LogP contribution in [0.4, 0.5) is 0 Å². The fraction of sp³-hybridized carbons (Fsp3) is 0.529. The molecule has 22 heavy (non-hydrogen) atoms. The number of amides is 1. The molecule has 1 fully saturated rings. The van der Waals surface area contributed by atoms with Crippen molar-refractivity contribution in [3.05, 3.63) is 30.3 Å². The van der Waals surface area contributed by atoms with Gasteiger partial charge in [0.2, 0.25) is 5.91 Å². The molecule has 1 aromatic rings. The van der Waals surface area contributed by atoms with Crippen LogP contribution in [0.2, 0.25) is 0 Å². The number of hydrogen-bond donors (Lipinski definition) is 1. The Morgan fingerprint density at radius 2 is 2.09 bits per heavy atom. The van der Waals surface area contributed by atoms with Crippen molar-refractivity contribution in [2.45, 2.75) is 26.2 Å². The van der Waals surface area contributed by atoms with E-state index in [2.05, 4.69) is 0 Å². The summed E-state index contributed by atoms with van der Waals surface area (Å²) in [4.78, 5) is 25.1. The summed E-state index contributed by atoms with van der Waals surface area (Å²) >= 11 is 0. The molecule has 0 aromatic heterocycles. The molecule has 1 heterocycles. The molecule has 1 unspecified atom stereocenters. The third-order valence-corrected chi connectivity index (χ3v) is 4.07. The van der Waals surface area contributed by atoms with Crippen molar-refractivity contribution >= 4 is 11.9 Å². The number of hydrogen-bond acceptors (Lipinski definition) is 3. The second kappa shape index (κ2) is 7.82. The van der Waals surface area contributed by atoms with Crippen LogP contribution < -0.4 is 4.74 Å². The Morgan fingerprint density at radius 1 is 1.36 bits per heavy atom. The lowest BCUT2D eigenvalue weighted by Crippen LogP contribution is -2.44. The van der Waals surface area contributed by atoms with Crippen LogP contribution in [0.25, 0.3) is 0 Å². The summed E-state index contributed by atoms with van der Waals surface area (Å²) in [5.41, 5.74) is 0. The Balaban J connectivity index is 1.78. The number of benzene rings is 1. The summed E-state index contributed by atoms with van der Waals surface area (Å²) in [6.45, 7) is 3.35. The minimum absolute atomic E-state index is 0.0302.